The first-order valence-electron chi connectivity index (χ1n) is 13.5. The average Bonchev–Trinajstić information content (AvgIpc) is 2.92. The number of carbonyl (C=O) groups is 2. The van der Waals surface area contributed by atoms with Crippen LogP contribution in [0.1, 0.15) is 56.3 Å². The van der Waals surface area contributed by atoms with Crippen LogP contribution in [-0.2, 0) is 0 Å². The SMILES string of the molecule is CCC(CC)CC1(O)CCN(C(=O)Nc2cc(Oc3ccc(C(=O)O)cc3)cc(Oc3cccc(Cl)c3)c2)CC1. The van der Waals surface area contributed by atoms with Gasteiger partial charge in [0, 0.05) is 42.0 Å². The van der Waals surface area contributed by atoms with E-state index in [0.29, 0.717) is 65.6 Å². The second-order valence-corrected chi connectivity index (χ2v) is 10.6. The Hall–Kier alpha value is -3.75. The molecule has 0 unspecified atom stereocenters. The molecule has 1 saturated heterocycles. The molecule has 1 aliphatic rings. The Bertz CT molecular complexity index is 1320. The number of amides is 2. The van der Waals surface area contributed by atoms with Crippen LogP contribution in [0.4, 0.5) is 10.5 Å². The Balaban J connectivity index is 1.50. The van der Waals surface area contributed by atoms with Gasteiger partial charge in [0.1, 0.15) is 23.0 Å². The molecule has 4 rings (SSSR count). The summed E-state index contributed by atoms with van der Waals surface area (Å²) in [6.45, 7) is 5.21. The van der Waals surface area contributed by atoms with E-state index >= 15 is 0 Å². The first kappa shape index (κ1) is 29.2. The lowest BCUT2D eigenvalue weighted by atomic mass is 9.81. The number of halogens is 1. The number of hydrogen-bond donors (Lipinski definition) is 3. The number of nitrogens with zero attached hydrogens (tertiary/aromatic N) is 1. The largest absolute Gasteiger partial charge is 0.478 e. The fourth-order valence-corrected chi connectivity index (χ4v) is 5.06. The molecule has 0 aliphatic carbocycles. The monoisotopic (exact) mass is 566 g/mol. The van der Waals surface area contributed by atoms with Crippen molar-refractivity contribution in [3.05, 3.63) is 77.3 Å². The zero-order chi connectivity index (χ0) is 28.7. The number of rotatable bonds is 10. The van der Waals surface area contributed by atoms with Gasteiger partial charge in [-0.1, -0.05) is 44.4 Å². The third-order valence-corrected chi connectivity index (χ3v) is 7.54. The minimum atomic E-state index is -1.03. The van der Waals surface area contributed by atoms with E-state index in [1.54, 1.807) is 59.5 Å². The Labute approximate surface area is 239 Å². The second-order valence-electron chi connectivity index (χ2n) is 10.2. The molecule has 1 heterocycles. The summed E-state index contributed by atoms with van der Waals surface area (Å²) in [5, 5.41) is 23.7. The molecule has 0 bridgehead atoms. The van der Waals surface area contributed by atoms with E-state index in [1.807, 2.05) is 0 Å². The van der Waals surface area contributed by atoms with Gasteiger partial charge in [-0.2, -0.15) is 0 Å². The van der Waals surface area contributed by atoms with Crippen molar-refractivity contribution in [2.75, 3.05) is 18.4 Å². The summed E-state index contributed by atoms with van der Waals surface area (Å²) in [6, 6.07) is 17.7. The number of nitrogens with one attached hydrogen (secondary N) is 1. The highest BCUT2D eigenvalue weighted by Crippen LogP contribution is 2.35. The summed E-state index contributed by atoms with van der Waals surface area (Å²) in [5.41, 5.74) is -0.138. The van der Waals surface area contributed by atoms with Crippen molar-refractivity contribution in [2.45, 2.75) is 51.6 Å². The predicted octanol–water partition coefficient (Wildman–Crippen LogP) is 7.81. The van der Waals surface area contributed by atoms with Crippen LogP contribution < -0.4 is 14.8 Å². The van der Waals surface area contributed by atoms with Crippen molar-refractivity contribution in [3.63, 3.8) is 0 Å². The van der Waals surface area contributed by atoms with Crippen molar-refractivity contribution in [1.82, 2.24) is 4.90 Å². The fraction of sp³-hybridized carbons (Fsp3) is 0.355. The molecule has 2 amide bonds. The van der Waals surface area contributed by atoms with Crippen molar-refractivity contribution < 1.29 is 29.3 Å². The highest BCUT2D eigenvalue weighted by Gasteiger charge is 2.35. The van der Waals surface area contributed by atoms with Crippen LogP contribution in [-0.4, -0.2) is 45.8 Å². The zero-order valence-corrected chi connectivity index (χ0v) is 23.5. The lowest BCUT2D eigenvalue weighted by Crippen LogP contribution is -2.48. The van der Waals surface area contributed by atoms with E-state index in [0.717, 1.165) is 19.3 Å². The Morgan fingerprint density at radius 1 is 0.925 bits per heavy atom. The maximum atomic E-state index is 13.2. The first-order chi connectivity index (χ1) is 19.2. The molecular weight excluding hydrogens is 532 g/mol. The number of likely N-dealkylation sites (tertiary alicyclic amines) is 1. The number of ether oxygens (including phenoxy) is 2. The van der Waals surface area contributed by atoms with Crippen LogP contribution in [0, 0.1) is 5.92 Å². The van der Waals surface area contributed by atoms with E-state index < -0.39 is 11.6 Å². The van der Waals surface area contributed by atoms with E-state index in [9.17, 15) is 14.7 Å². The van der Waals surface area contributed by atoms with Gasteiger partial charge in [-0.05, 0) is 67.6 Å². The quantitative estimate of drug-likeness (QED) is 0.231. The third kappa shape index (κ3) is 7.90. The number of hydrogen-bond acceptors (Lipinski definition) is 5. The van der Waals surface area contributed by atoms with E-state index in [-0.39, 0.29) is 11.6 Å². The molecule has 3 N–H and O–H groups in total. The minimum Gasteiger partial charge on any atom is -0.478 e. The van der Waals surface area contributed by atoms with E-state index in [2.05, 4.69) is 19.2 Å². The topological polar surface area (TPSA) is 108 Å². The van der Waals surface area contributed by atoms with Gasteiger partial charge in [0.05, 0.1) is 11.2 Å². The second kappa shape index (κ2) is 13.1. The molecule has 8 nitrogen and oxygen atoms in total. The van der Waals surface area contributed by atoms with Crippen LogP contribution in [0.5, 0.6) is 23.0 Å². The molecule has 9 heteroatoms. The van der Waals surface area contributed by atoms with Gasteiger partial charge in [0.2, 0.25) is 0 Å². The molecule has 0 radical (unpaired) electrons. The zero-order valence-electron chi connectivity index (χ0n) is 22.7. The fourth-order valence-electron chi connectivity index (χ4n) is 4.88. The number of carbonyl (C=O) groups excluding carboxylic acids is 1. The number of piperidine rings is 1. The molecule has 1 fully saturated rings. The van der Waals surface area contributed by atoms with Crippen molar-refractivity contribution in [2.24, 2.45) is 5.92 Å². The number of carboxylic acid groups (broad SMARTS) is 1. The molecule has 212 valence electrons. The molecule has 0 spiro atoms. The summed E-state index contributed by atoms with van der Waals surface area (Å²) in [5.74, 6) is 1.19. The number of anilines is 1. The lowest BCUT2D eigenvalue weighted by Gasteiger charge is -2.39. The maximum absolute atomic E-state index is 13.2. The predicted molar refractivity (Wildman–Crippen MR) is 155 cm³/mol. The van der Waals surface area contributed by atoms with Crippen LogP contribution in [0.2, 0.25) is 5.02 Å². The summed E-state index contributed by atoms with van der Waals surface area (Å²) in [7, 11) is 0. The van der Waals surface area contributed by atoms with E-state index in [4.69, 9.17) is 26.2 Å². The summed E-state index contributed by atoms with van der Waals surface area (Å²) < 4.78 is 12.0. The van der Waals surface area contributed by atoms with Crippen LogP contribution >= 0.6 is 11.6 Å². The van der Waals surface area contributed by atoms with Gasteiger partial charge >= 0.3 is 12.0 Å². The van der Waals surface area contributed by atoms with E-state index in [1.165, 1.54) is 12.1 Å². The molecule has 3 aromatic carbocycles. The van der Waals surface area contributed by atoms with Crippen molar-refractivity contribution in [1.29, 1.82) is 0 Å². The van der Waals surface area contributed by atoms with Gasteiger partial charge in [0.25, 0.3) is 0 Å². The van der Waals surface area contributed by atoms with Crippen LogP contribution in [0.15, 0.2) is 66.7 Å². The normalized spacial score (nSPS) is 14.6. The number of benzene rings is 3. The van der Waals surface area contributed by atoms with Crippen molar-refractivity contribution >= 4 is 29.3 Å². The number of aromatic carboxylic acids is 1. The van der Waals surface area contributed by atoms with Gasteiger partial charge < -0.3 is 29.9 Å². The first-order valence-corrected chi connectivity index (χ1v) is 13.9. The molecule has 0 atom stereocenters. The minimum absolute atomic E-state index is 0.145. The van der Waals surface area contributed by atoms with Crippen LogP contribution in [0.3, 0.4) is 0 Å². The number of carboxylic acids is 1. The third-order valence-electron chi connectivity index (χ3n) is 7.30. The molecular formula is C31H35ClN2O6. The molecule has 40 heavy (non-hydrogen) atoms. The summed E-state index contributed by atoms with van der Waals surface area (Å²) in [6.07, 6.45) is 3.90. The summed E-state index contributed by atoms with van der Waals surface area (Å²) >= 11 is 6.11. The van der Waals surface area contributed by atoms with Crippen molar-refractivity contribution in [3.8, 4) is 23.0 Å². The lowest BCUT2D eigenvalue weighted by molar-refractivity contribution is -0.0309. The van der Waals surface area contributed by atoms with Crippen LogP contribution in [0.25, 0.3) is 0 Å². The highest BCUT2D eigenvalue weighted by molar-refractivity contribution is 6.30. The smallest absolute Gasteiger partial charge is 0.335 e. The molecule has 0 saturated carbocycles. The van der Waals surface area contributed by atoms with Gasteiger partial charge in [-0.15, -0.1) is 0 Å². The Kier molecular flexibility index (Phi) is 9.55. The number of urea groups is 1. The standard InChI is InChI=1S/C31H35ClN2O6/c1-3-21(4-2)20-31(38)12-14-34(15-13-31)30(37)33-24-17-27(39-25-10-8-22(9-11-25)29(35)36)19-28(18-24)40-26-7-5-6-23(32)16-26/h5-11,16-19,21,38H,3-4,12-15,20H2,1-2H3,(H,33,37)(H,35,36). The van der Waals surface area contributed by atoms with Gasteiger partial charge in [-0.25, -0.2) is 9.59 Å². The summed E-state index contributed by atoms with van der Waals surface area (Å²) in [4.78, 5) is 26.1. The Morgan fingerprint density at radius 3 is 2.12 bits per heavy atom. The molecule has 1 aliphatic heterocycles. The van der Waals surface area contributed by atoms with Gasteiger partial charge in [0.15, 0.2) is 0 Å². The molecule has 3 aromatic rings. The highest BCUT2D eigenvalue weighted by atomic mass is 35.5. The Morgan fingerprint density at radius 2 is 1.55 bits per heavy atom. The van der Waals surface area contributed by atoms with Gasteiger partial charge in [-0.3, -0.25) is 0 Å². The average molecular weight is 567 g/mol. The molecule has 0 aromatic heterocycles. The number of aliphatic hydroxyl groups is 1. The maximum Gasteiger partial charge on any atom is 0.335 e.